The summed E-state index contributed by atoms with van der Waals surface area (Å²) >= 11 is 13.5. The smallest absolute Gasteiger partial charge is 0.101 e. The lowest BCUT2D eigenvalue weighted by atomic mass is 10.2. The quantitative estimate of drug-likeness (QED) is 0.926. The first-order valence-electron chi connectivity index (χ1n) is 5.47. The second-order valence-electron chi connectivity index (χ2n) is 3.72. The van der Waals surface area contributed by atoms with Crippen molar-refractivity contribution >= 4 is 35.0 Å². The Morgan fingerprint density at radius 1 is 1.17 bits per heavy atom. The van der Waals surface area contributed by atoms with Gasteiger partial charge in [-0.25, -0.2) is 4.98 Å². The van der Waals surface area contributed by atoms with Gasteiger partial charge >= 0.3 is 0 Å². The Morgan fingerprint density at radius 2 is 2.00 bits per heavy atom. The Morgan fingerprint density at radius 3 is 2.67 bits per heavy atom. The highest BCUT2D eigenvalue weighted by atomic mass is 35.5. The summed E-state index contributed by atoms with van der Waals surface area (Å²) in [6.07, 6.45) is 2.68. The van der Waals surface area contributed by atoms with Crippen molar-refractivity contribution < 1.29 is 0 Å². The van der Waals surface area contributed by atoms with Gasteiger partial charge in [0.05, 0.1) is 5.02 Å². The SMILES string of the molecule is NCCc1ccc(Sc2cc(Cl)ccc2Cl)nc1. The number of halogens is 2. The summed E-state index contributed by atoms with van der Waals surface area (Å²) in [5, 5.41) is 2.24. The van der Waals surface area contributed by atoms with E-state index in [4.69, 9.17) is 28.9 Å². The maximum Gasteiger partial charge on any atom is 0.101 e. The zero-order valence-electron chi connectivity index (χ0n) is 9.57. The van der Waals surface area contributed by atoms with Crippen molar-refractivity contribution in [1.29, 1.82) is 0 Å². The molecule has 0 saturated heterocycles. The Labute approximate surface area is 121 Å². The van der Waals surface area contributed by atoms with Gasteiger partial charge in [-0.2, -0.15) is 0 Å². The van der Waals surface area contributed by atoms with Crippen LogP contribution in [0.3, 0.4) is 0 Å². The molecule has 0 atom stereocenters. The fourth-order valence-corrected chi connectivity index (χ4v) is 2.74. The number of nitrogens with zero attached hydrogens (tertiary/aromatic N) is 1. The summed E-state index contributed by atoms with van der Waals surface area (Å²) in [4.78, 5) is 5.27. The number of rotatable bonds is 4. The van der Waals surface area contributed by atoms with Crippen LogP contribution in [0.4, 0.5) is 0 Å². The molecular formula is C13H12Cl2N2S. The monoisotopic (exact) mass is 298 g/mol. The number of hydrogen-bond acceptors (Lipinski definition) is 3. The van der Waals surface area contributed by atoms with Crippen LogP contribution < -0.4 is 5.73 Å². The van der Waals surface area contributed by atoms with Gasteiger partial charge < -0.3 is 5.73 Å². The highest BCUT2D eigenvalue weighted by Gasteiger charge is 2.05. The van der Waals surface area contributed by atoms with E-state index in [1.165, 1.54) is 11.8 Å². The number of nitrogens with two attached hydrogens (primary N) is 1. The average molecular weight is 299 g/mol. The molecule has 18 heavy (non-hydrogen) atoms. The molecule has 0 aliphatic carbocycles. The molecule has 0 bridgehead atoms. The van der Waals surface area contributed by atoms with Crippen LogP contribution in [0.15, 0.2) is 46.5 Å². The molecule has 0 radical (unpaired) electrons. The molecule has 0 unspecified atom stereocenters. The maximum atomic E-state index is 6.10. The molecule has 2 nitrogen and oxygen atoms in total. The summed E-state index contributed by atoms with van der Waals surface area (Å²) in [5.74, 6) is 0. The lowest BCUT2D eigenvalue weighted by molar-refractivity contribution is 0.945. The van der Waals surface area contributed by atoms with Crippen LogP contribution in [0.2, 0.25) is 10.0 Å². The van der Waals surface area contributed by atoms with Crippen molar-refractivity contribution in [3.63, 3.8) is 0 Å². The van der Waals surface area contributed by atoms with E-state index in [2.05, 4.69) is 4.98 Å². The first-order valence-corrected chi connectivity index (χ1v) is 7.04. The lowest BCUT2D eigenvalue weighted by Crippen LogP contribution is -2.02. The third-order valence-corrected chi connectivity index (χ3v) is 4.02. The van der Waals surface area contributed by atoms with E-state index in [9.17, 15) is 0 Å². The van der Waals surface area contributed by atoms with Gasteiger partial charge in [-0.15, -0.1) is 0 Å². The first-order chi connectivity index (χ1) is 8.69. The Bertz CT molecular complexity index is 529. The molecule has 0 saturated carbocycles. The zero-order valence-corrected chi connectivity index (χ0v) is 11.9. The minimum Gasteiger partial charge on any atom is -0.330 e. The molecule has 0 aliphatic rings. The predicted octanol–water partition coefficient (Wildman–Crippen LogP) is 4.04. The molecule has 0 fully saturated rings. The van der Waals surface area contributed by atoms with Crippen molar-refractivity contribution in [1.82, 2.24) is 4.98 Å². The van der Waals surface area contributed by atoms with Gasteiger partial charge in [0, 0.05) is 16.1 Å². The molecule has 2 N–H and O–H groups in total. The van der Waals surface area contributed by atoms with E-state index in [0.29, 0.717) is 16.6 Å². The summed E-state index contributed by atoms with van der Waals surface area (Å²) in [6, 6.07) is 9.39. The standard InChI is InChI=1S/C13H12Cl2N2S/c14-10-2-3-11(15)12(7-10)18-13-4-1-9(5-6-16)8-17-13/h1-4,7-8H,5-6,16H2. The van der Waals surface area contributed by atoms with Gasteiger partial charge in [0.15, 0.2) is 0 Å². The Kier molecular flexibility index (Phi) is 4.89. The molecule has 2 aromatic rings. The minimum atomic E-state index is 0.633. The molecule has 0 amide bonds. The molecule has 0 spiro atoms. The van der Waals surface area contributed by atoms with Crippen LogP contribution in [0, 0.1) is 0 Å². The fraction of sp³-hybridized carbons (Fsp3) is 0.154. The normalized spacial score (nSPS) is 10.6. The van der Waals surface area contributed by atoms with E-state index in [-0.39, 0.29) is 0 Å². The van der Waals surface area contributed by atoms with Crippen LogP contribution in [-0.2, 0) is 6.42 Å². The lowest BCUT2D eigenvalue weighted by Gasteiger charge is -2.05. The van der Waals surface area contributed by atoms with Gasteiger partial charge in [0.2, 0.25) is 0 Å². The molecule has 1 aromatic carbocycles. The summed E-state index contributed by atoms with van der Waals surface area (Å²) in [7, 11) is 0. The number of hydrogen-bond donors (Lipinski definition) is 1. The van der Waals surface area contributed by atoms with Crippen LogP contribution in [-0.4, -0.2) is 11.5 Å². The van der Waals surface area contributed by atoms with Gasteiger partial charge in [-0.3, -0.25) is 0 Å². The van der Waals surface area contributed by atoms with Crippen molar-refractivity contribution in [3.05, 3.63) is 52.1 Å². The molecule has 1 heterocycles. The van der Waals surface area contributed by atoms with Crippen LogP contribution >= 0.6 is 35.0 Å². The molecule has 2 rings (SSSR count). The first kappa shape index (κ1) is 13.7. The maximum absolute atomic E-state index is 6.10. The van der Waals surface area contributed by atoms with Crippen molar-refractivity contribution in [2.24, 2.45) is 5.73 Å². The zero-order chi connectivity index (χ0) is 13.0. The van der Waals surface area contributed by atoms with E-state index < -0.39 is 0 Å². The second kappa shape index (κ2) is 6.43. The van der Waals surface area contributed by atoms with Crippen LogP contribution in [0.5, 0.6) is 0 Å². The van der Waals surface area contributed by atoms with Crippen molar-refractivity contribution in [2.75, 3.05) is 6.54 Å². The predicted molar refractivity (Wildman–Crippen MR) is 77.6 cm³/mol. The van der Waals surface area contributed by atoms with E-state index in [1.54, 1.807) is 12.1 Å². The number of benzene rings is 1. The van der Waals surface area contributed by atoms with Gasteiger partial charge in [0.25, 0.3) is 0 Å². The molecular weight excluding hydrogens is 287 g/mol. The average Bonchev–Trinajstić information content (AvgIpc) is 2.37. The molecule has 5 heteroatoms. The third-order valence-electron chi connectivity index (χ3n) is 2.34. The highest BCUT2D eigenvalue weighted by molar-refractivity contribution is 7.99. The van der Waals surface area contributed by atoms with Gasteiger partial charge in [-0.05, 0) is 42.8 Å². The summed E-state index contributed by atoms with van der Waals surface area (Å²) < 4.78 is 0. The van der Waals surface area contributed by atoms with Crippen molar-refractivity contribution in [3.8, 4) is 0 Å². The second-order valence-corrected chi connectivity index (χ2v) is 5.63. The Balaban J connectivity index is 2.15. The van der Waals surface area contributed by atoms with Crippen molar-refractivity contribution in [2.45, 2.75) is 16.3 Å². The molecule has 94 valence electrons. The fourth-order valence-electron chi connectivity index (χ4n) is 1.45. The minimum absolute atomic E-state index is 0.633. The summed E-state index contributed by atoms with van der Waals surface area (Å²) in [5.41, 5.74) is 6.63. The number of aromatic nitrogens is 1. The summed E-state index contributed by atoms with van der Waals surface area (Å²) in [6.45, 7) is 0.633. The van der Waals surface area contributed by atoms with E-state index in [1.807, 2.05) is 24.4 Å². The van der Waals surface area contributed by atoms with Gasteiger partial charge in [-0.1, -0.05) is 41.0 Å². The number of pyridine rings is 1. The van der Waals surface area contributed by atoms with E-state index in [0.717, 1.165) is 21.9 Å². The largest absolute Gasteiger partial charge is 0.330 e. The van der Waals surface area contributed by atoms with Gasteiger partial charge in [0.1, 0.15) is 5.03 Å². The van der Waals surface area contributed by atoms with Crippen LogP contribution in [0.1, 0.15) is 5.56 Å². The van der Waals surface area contributed by atoms with E-state index >= 15 is 0 Å². The van der Waals surface area contributed by atoms with Crippen LogP contribution in [0.25, 0.3) is 0 Å². The topological polar surface area (TPSA) is 38.9 Å². The molecule has 0 aliphatic heterocycles. The third kappa shape index (κ3) is 3.62. The Hall–Kier alpha value is -0.740. The molecule has 1 aromatic heterocycles. The highest BCUT2D eigenvalue weighted by Crippen LogP contribution is 2.34.